The van der Waals surface area contributed by atoms with E-state index in [1.165, 1.54) is 77.2 Å². The van der Waals surface area contributed by atoms with E-state index in [0.717, 1.165) is 39.9 Å². The Bertz CT molecular complexity index is 2660. The smallest absolute Gasteiger partial charge is 0.143 e. The third kappa shape index (κ3) is 5.92. The SMILES string of the molecule is CC(C)(C)c1ccc2oc3c(-c4ccc5c(c4)-c4cc(-c6cc(C(C)(C)C)cc7c6oc6ccc(C(C)(C)C)cc67)ccc4C5)cc(C(C)(C)C)cc3c2c1. The molecule has 2 nitrogen and oxygen atoms in total. The molecule has 2 heterocycles. The van der Waals surface area contributed by atoms with Crippen molar-refractivity contribution in [2.45, 2.75) is 111 Å². The molecule has 0 bridgehead atoms. The van der Waals surface area contributed by atoms with Crippen LogP contribution < -0.4 is 0 Å². The summed E-state index contributed by atoms with van der Waals surface area (Å²) in [6, 6.07) is 37.0. The van der Waals surface area contributed by atoms with Gasteiger partial charge in [0.2, 0.25) is 0 Å². The standard InChI is InChI=1S/C53H54O2/c1-50(2,3)34-17-19-46-42(24-34)44-28-36(52(7,8)9)26-40(48(44)54-46)32-15-13-30-21-31-14-16-33(23-39(31)38(30)22-32)41-27-37(53(10,11)12)29-45-43-25-35(51(4,5)6)18-20-47(43)55-49(41)45/h13-20,22-29H,21H2,1-12H3. The molecule has 0 saturated heterocycles. The van der Waals surface area contributed by atoms with Crippen LogP contribution in [0.15, 0.2) is 106 Å². The molecule has 0 N–H and O–H groups in total. The minimum Gasteiger partial charge on any atom is -0.455 e. The molecule has 6 aromatic carbocycles. The van der Waals surface area contributed by atoms with Gasteiger partial charge in [-0.05, 0) is 144 Å². The zero-order valence-corrected chi connectivity index (χ0v) is 34.8. The van der Waals surface area contributed by atoms with Gasteiger partial charge >= 0.3 is 0 Å². The Morgan fingerprint density at radius 3 is 1.07 bits per heavy atom. The third-order valence-electron chi connectivity index (χ3n) is 12.1. The highest BCUT2D eigenvalue weighted by atomic mass is 16.3. The summed E-state index contributed by atoms with van der Waals surface area (Å²) in [4.78, 5) is 0. The maximum absolute atomic E-state index is 6.76. The number of furan rings is 2. The van der Waals surface area contributed by atoms with Crippen molar-refractivity contribution in [3.63, 3.8) is 0 Å². The number of rotatable bonds is 2. The van der Waals surface area contributed by atoms with Crippen molar-refractivity contribution >= 4 is 43.9 Å². The van der Waals surface area contributed by atoms with Gasteiger partial charge in [0.15, 0.2) is 0 Å². The van der Waals surface area contributed by atoms with E-state index in [0.29, 0.717) is 0 Å². The number of hydrogen-bond donors (Lipinski definition) is 0. The van der Waals surface area contributed by atoms with Gasteiger partial charge in [0.25, 0.3) is 0 Å². The van der Waals surface area contributed by atoms with Crippen molar-refractivity contribution < 1.29 is 8.83 Å². The number of fused-ring (bicyclic) bond motifs is 9. The molecular formula is C53H54O2. The lowest BCUT2D eigenvalue weighted by Gasteiger charge is -2.21. The van der Waals surface area contributed by atoms with Gasteiger partial charge in [0.05, 0.1) is 0 Å². The average molecular weight is 723 g/mol. The summed E-state index contributed by atoms with van der Waals surface area (Å²) < 4.78 is 13.5. The monoisotopic (exact) mass is 722 g/mol. The number of hydrogen-bond acceptors (Lipinski definition) is 2. The van der Waals surface area contributed by atoms with E-state index in [9.17, 15) is 0 Å². The van der Waals surface area contributed by atoms with Crippen LogP contribution >= 0.6 is 0 Å². The minimum atomic E-state index is -0.0235. The first-order chi connectivity index (χ1) is 25.7. The summed E-state index contributed by atoms with van der Waals surface area (Å²) in [7, 11) is 0. The van der Waals surface area contributed by atoms with E-state index in [-0.39, 0.29) is 21.7 Å². The summed E-state index contributed by atoms with van der Waals surface area (Å²) in [6.45, 7) is 27.5. The average Bonchev–Trinajstić information content (AvgIpc) is 3.79. The lowest BCUT2D eigenvalue weighted by molar-refractivity contribution is 0.590. The second-order valence-electron chi connectivity index (χ2n) is 20.3. The van der Waals surface area contributed by atoms with Gasteiger partial charge in [0.1, 0.15) is 22.3 Å². The van der Waals surface area contributed by atoms with Crippen molar-refractivity contribution in [3.8, 4) is 33.4 Å². The first-order valence-electron chi connectivity index (χ1n) is 20.0. The Balaban J connectivity index is 1.22. The highest BCUT2D eigenvalue weighted by Gasteiger charge is 2.27. The first kappa shape index (κ1) is 35.6. The van der Waals surface area contributed by atoms with Gasteiger partial charge in [-0.25, -0.2) is 0 Å². The second-order valence-corrected chi connectivity index (χ2v) is 20.3. The summed E-state index contributed by atoms with van der Waals surface area (Å²) in [6.07, 6.45) is 0.931. The van der Waals surface area contributed by atoms with Crippen molar-refractivity contribution in [1.29, 1.82) is 0 Å². The molecule has 0 saturated carbocycles. The van der Waals surface area contributed by atoms with Crippen molar-refractivity contribution in [1.82, 2.24) is 0 Å². The summed E-state index contributed by atoms with van der Waals surface area (Å²) in [5.41, 5.74) is 19.1. The van der Waals surface area contributed by atoms with Crippen LogP contribution in [0.3, 0.4) is 0 Å². The molecule has 2 aromatic heterocycles. The fourth-order valence-corrected chi connectivity index (χ4v) is 8.49. The predicted octanol–water partition coefficient (Wildman–Crippen LogP) is 15.6. The van der Waals surface area contributed by atoms with Gasteiger partial charge in [-0.2, -0.15) is 0 Å². The van der Waals surface area contributed by atoms with Crippen molar-refractivity contribution in [3.05, 3.63) is 130 Å². The molecule has 1 aliphatic rings. The Hall–Kier alpha value is -5.08. The van der Waals surface area contributed by atoms with Gasteiger partial charge in [-0.3, -0.25) is 0 Å². The molecular weight excluding hydrogens is 669 g/mol. The molecule has 8 aromatic rings. The largest absolute Gasteiger partial charge is 0.455 e. The molecule has 0 spiro atoms. The van der Waals surface area contributed by atoms with Gasteiger partial charge in [-0.1, -0.05) is 119 Å². The Labute approximate surface area is 326 Å². The summed E-state index contributed by atoms with van der Waals surface area (Å²) in [5, 5.41) is 4.76. The Morgan fingerprint density at radius 2 is 0.709 bits per heavy atom. The Morgan fingerprint density at radius 1 is 0.345 bits per heavy atom. The second kappa shape index (κ2) is 11.7. The van der Waals surface area contributed by atoms with Gasteiger partial charge < -0.3 is 8.83 Å². The van der Waals surface area contributed by atoms with Crippen LogP contribution in [-0.2, 0) is 28.1 Å². The zero-order valence-electron chi connectivity index (χ0n) is 34.8. The van der Waals surface area contributed by atoms with E-state index < -0.39 is 0 Å². The first-order valence-corrected chi connectivity index (χ1v) is 20.0. The van der Waals surface area contributed by atoms with Crippen LogP contribution in [0.1, 0.15) is 116 Å². The molecule has 0 aliphatic heterocycles. The highest BCUT2D eigenvalue weighted by Crippen LogP contribution is 2.47. The van der Waals surface area contributed by atoms with Crippen molar-refractivity contribution in [2.75, 3.05) is 0 Å². The molecule has 0 amide bonds. The lowest BCUT2D eigenvalue weighted by atomic mass is 9.83. The summed E-state index contributed by atoms with van der Waals surface area (Å²) in [5.74, 6) is 0. The van der Waals surface area contributed by atoms with Crippen molar-refractivity contribution in [2.24, 2.45) is 0 Å². The van der Waals surface area contributed by atoms with Crippen LogP contribution in [0.5, 0.6) is 0 Å². The van der Waals surface area contributed by atoms with E-state index in [1.807, 2.05) is 0 Å². The fraction of sp³-hybridized carbons (Fsp3) is 0.321. The van der Waals surface area contributed by atoms with Crippen LogP contribution in [0.4, 0.5) is 0 Å². The predicted molar refractivity (Wildman–Crippen MR) is 235 cm³/mol. The minimum absolute atomic E-state index is 0.0235. The molecule has 278 valence electrons. The maximum atomic E-state index is 6.76. The third-order valence-corrected chi connectivity index (χ3v) is 12.1. The van der Waals surface area contributed by atoms with E-state index in [1.54, 1.807) is 0 Å². The molecule has 2 heteroatoms. The molecule has 1 aliphatic carbocycles. The number of benzene rings is 6. The maximum Gasteiger partial charge on any atom is 0.143 e. The molecule has 0 radical (unpaired) electrons. The van der Waals surface area contributed by atoms with Crippen LogP contribution in [0.2, 0.25) is 0 Å². The molecule has 0 unspecified atom stereocenters. The quantitative estimate of drug-likeness (QED) is 0.178. The van der Waals surface area contributed by atoms with Crippen LogP contribution in [-0.4, -0.2) is 0 Å². The molecule has 9 rings (SSSR count). The summed E-state index contributed by atoms with van der Waals surface area (Å²) >= 11 is 0. The van der Waals surface area contributed by atoms with E-state index >= 15 is 0 Å². The van der Waals surface area contributed by atoms with Gasteiger partial charge in [0, 0.05) is 32.7 Å². The highest BCUT2D eigenvalue weighted by molar-refractivity contribution is 6.12. The molecule has 55 heavy (non-hydrogen) atoms. The van der Waals surface area contributed by atoms with Crippen LogP contribution in [0.25, 0.3) is 77.3 Å². The van der Waals surface area contributed by atoms with E-state index in [4.69, 9.17) is 8.83 Å². The topological polar surface area (TPSA) is 26.3 Å². The van der Waals surface area contributed by atoms with E-state index in [2.05, 4.69) is 180 Å². The lowest BCUT2D eigenvalue weighted by Crippen LogP contribution is -2.11. The normalized spacial score (nSPS) is 13.7. The fourth-order valence-electron chi connectivity index (χ4n) is 8.49. The van der Waals surface area contributed by atoms with Gasteiger partial charge in [-0.15, -0.1) is 0 Å². The zero-order chi connectivity index (χ0) is 39.0. The molecule has 0 fully saturated rings. The molecule has 0 atom stereocenters. The van der Waals surface area contributed by atoms with Crippen LogP contribution in [0, 0.1) is 0 Å². The Kier molecular flexibility index (Phi) is 7.59.